The fourth-order valence-corrected chi connectivity index (χ4v) is 4.20. The van der Waals surface area contributed by atoms with Gasteiger partial charge in [0.25, 0.3) is 0 Å². The first-order chi connectivity index (χ1) is 12.1. The van der Waals surface area contributed by atoms with E-state index in [1.807, 2.05) is 35.2 Å². The number of piperidine rings is 1. The maximum Gasteiger partial charge on any atom is 0.168 e. The van der Waals surface area contributed by atoms with Crippen LogP contribution in [-0.4, -0.2) is 39.8 Å². The topological polar surface area (TPSA) is 38.1 Å². The maximum absolute atomic E-state index is 13.0. The summed E-state index contributed by atoms with van der Waals surface area (Å²) in [5.74, 6) is 0.402. The van der Waals surface area contributed by atoms with Gasteiger partial charge in [-0.15, -0.1) is 11.8 Å². The summed E-state index contributed by atoms with van der Waals surface area (Å²) in [5.41, 5.74) is 3.26. The van der Waals surface area contributed by atoms with Crippen molar-refractivity contribution in [3.8, 4) is 0 Å². The molecule has 1 aromatic heterocycles. The molecule has 1 atom stereocenters. The molecule has 3 rings (SSSR count). The van der Waals surface area contributed by atoms with Gasteiger partial charge in [0, 0.05) is 47.8 Å². The molecule has 0 spiro atoms. The molecule has 2 heterocycles. The van der Waals surface area contributed by atoms with Crippen molar-refractivity contribution in [2.45, 2.75) is 44.7 Å². The van der Waals surface area contributed by atoms with E-state index in [1.165, 1.54) is 5.56 Å². The predicted molar refractivity (Wildman–Crippen MR) is 103 cm³/mol. The number of Topliss-reactive ketones (excluding diaryl/α,β-unsaturated/α-hetero) is 1. The average Bonchev–Trinajstić information content (AvgIpc) is 3.01. The molecule has 1 saturated heterocycles. The molecule has 5 heteroatoms. The molecule has 1 aromatic carbocycles. The zero-order valence-corrected chi connectivity index (χ0v) is 16.2. The number of likely N-dealkylation sites (tertiary alicyclic amines) is 1. The highest BCUT2D eigenvalue weighted by Gasteiger charge is 2.28. The molecule has 1 fully saturated rings. The highest BCUT2D eigenvalue weighted by Crippen LogP contribution is 2.27. The van der Waals surface area contributed by atoms with Gasteiger partial charge < -0.3 is 0 Å². The zero-order chi connectivity index (χ0) is 17.8. The predicted octanol–water partition coefficient (Wildman–Crippen LogP) is 4.03. The van der Waals surface area contributed by atoms with Crippen LogP contribution in [0, 0.1) is 12.8 Å². The lowest BCUT2D eigenvalue weighted by Gasteiger charge is -2.32. The molecule has 0 radical (unpaired) electrons. The monoisotopic (exact) mass is 357 g/mol. The fraction of sp³-hybridized carbons (Fsp3) is 0.500. The van der Waals surface area contributed by atoms with Gasteiger partial charge in [0.2, 0.25) is 0 Å². The van der Waals surface area contributed by atoms with E-state index in [4.69, 9.17) is 0 Å². The van der Waals surface area contributed by atoms with E-state index < -0.39 is 0 Å². The van der Waals surface area contributed by atoms with Crippen molar-refractivity contribution in [1.82, 2.24) is 14.7 Å². The van der Waals surface area contributed by atoms with Gasteiger partial charge in [-0.25, -0.2) is 0 Å². The van der Waals surface area contributed by atoms with Gasteiger partial charge in [-0.05, 0) is 45.6 Å². The Morgan fingerprint density at radius 2 is 2.16 bits per heavy atom. The van der Waals surface area contributed by atoms with Gasteiger partial charge in [-0.1, -0.05) is 18.2 Å². The molecular weight excluding hydrogens is 330 g/mol. The Hall–Kier alpha value is -1.59. The van der Waals surface area contributed by atoms with Crippen molar-refractivity contribution in [3.63, 3.8) is 0 Å². The lowest BCUT2D eigenvalue weighted by molar-refractivity contribution is 0.0808. The number of hydrogen-bond acceptors (Lipinski definition) is 4. The van der Waals surface area contributed by atoms with E-state index in [0.29, 0.717) is 5.78 Å². The van der Waals surface area contributed by atoms with Gasteiger partial charge >= 0.3 is 0 Å². The molecule has 134 valence electrons. The molecular formula is C20H27N3OS. The minimum atomic E-state index is 0.101. The minimum Gasteiger partial charge on any atom is -0.298 e. The second kappa shape index (κ2) is 8.19. The Morgan fingerprint density at radius 3 is 2.88 bits per heavy atom. The third-order valence-electron chi connectivity index (χ3n) is 5.01. The van der Waals surface area contributed by atoms with Crippen molar-refractivity contribution >= 4 is 17.5 Å². The van der Waals surface area contributed by atoms with Crippen LogP contribution in [0.5, 0.6) is 0 Å². The molecule has 0 unspecified atom stereocenters. The second-order valence-electron chi connectivity index (χ2n) is 6.73. The van der Waals surface area contributed by atoms with Crippen LogP contribution in [0.25, 0.3) is 0 Å². The SMILES string of the molecule is CCn1cc(CN2CCC[C@H](C(=O)c3ccccc3SC)C2)c(C)n1. The van der Waals surface area contributed by atoms with Crippen LogP contribution in [-0.2, 0) is 13.1 Å². The molecule has 4 nitrogen and oxygen atoms in total. The highest BCUT2D eigenvalue weighted by atomic mass is 32.2. The van der Waals surface area contributed by atoms with Gasteiger partial charge in [0.15, 0.2) is 5.78 Å². The van der Waals surface area contributed by atoms with Crippen LogP contribution in [0.1, 0.15) is 41.4 Å². The van der Waals surface area contributed by atoms with E-state index in [0.717, 1.165) is 55.2 Å². The number of carbonyl (C=O) groups is 1. The van der Waals surface area contributed by atoms with E-state index in [9.17, 15) is 4.79 Å². The summed E-state index contributed by atoms with van der Waals surface area (Å²) in [6.07, 6.45) is 6.25. The first-order valence-corrected chi connectivity index (χ1v) is 10.3. The van der Waals surface area contributed by atoms with Crippen LogP contribution in [0.2, 0.25) is 0 Å². The third kappa shape index (κ3) is 4.15. The minimum absolute atomic E-state index is 0.101. The molecule has 0 N–H and O–H groups in total. The van der Waals surface area contributed by atoms with E-state index >= 15 is 0 Å². The van der Waals surface area contributed by atoms with Crippen LogP contribution in [0.4, 0.5) is 0 Å². The van der Waals surface area contributed by atoms with Crippen molar-refractivity contribution in [3.05, 3.63) is 47.3 Å². The van der Waals surface area contributed by atoms with Crippen molar-refractivity contribution in [1.29, 1.82) is 0 Å². The summed E-state index contributed by atoms with van der Waals surface area (Å²) in [6.45, 7) is 7.87. The van der Waals surface area contributed by atoms with E-state index in [1.54, 1.807) is 11.8 Å². The summed E-state index contributed by atoms with van der Waals surface area (Å²) >= 11 is 1.65. The molecule has 0 amide bonds. The number of thioether (sulfide) groups is 1. The molecule has 25 heavy (non-hydrogen) atoms. The van der Waals surface area contributed by atoms with Crippen molar-refractivity contribution in [2.75, 3.05) is 19.3 Å². The number of hydrogen-bond donors (Lipinski definition) is 0. The number of rotatable bonds is 6. The summed E-state index contributed by atoms with van der Waals surface area (Å²) in [5, 5.41) is 4.54. The summed E-state index contributed by atoms with van der Waals surface area (Å²) < 4.78 is 1.99. The number of benzene rings is 1. The van der Waals surface area contributed by atoms with Crippen LogP contribution in [0.3, 0.4) is 0 Å². The maximum atomic E-state index is 13.0. The third-order valence-corrected chi connectivity index (χ3v) is 5.81. The Bertz CT molecular complexity index is 740. The number of ketones is 1. The molecule has 0 aliphatic carbocycles. The molecule has 0 bridgehead atoms. The first kappa shape index (κ1) is 18.2. The van der Waals surface area contributed by atoms with Gasteiger partial charge in [0.1, 0.15) is 0 Å². The van der Waals surface area contributed by atoms with Crippen molar-refractivity contribution < 1.29 is 4.79 Å². The standard InChI is InChI=1S/C20H27N3OS/c1-4-23-14-17(15(2)21-23)13-22-11-7-8-16(12-22)20(24)18-9-5-6-10-19(18)25-3/h5-6,9-10,14,16H,4,7-8,11-13H2,1-3H3/t16-/m0/s1. The Morgan fingerprint density at radius 1 is 1.36 bits per heavy atom. The molecule has 2 aromatic rings. The zero-order valence-electron chi connectivity index (χ0n) is 15.4. The fourth-order valence-electron chi connectivity index (χ4n) is 3.60. The smallest absolute Gasteiger partial charge is 0.168 e. The number of nitrogens with zero attached hydrogens (tertiary/aromatic N) is 3. The first-order valence-electron chi connectivity index (χ1n) is 9.05. The van der Waals surface area contributed by atoms with E-state index in [-0.39, 0.29) is 5.92 Å². The number of aryl methyl sites for hydroxylation is 2. The van der Waals surface area contributed by atoms with Gasteiger partial charge in [-0.3, -0.25) is 14.4 Å². The van der Waals surface area contributed by atoms with Crippen LogP contribution in [0.15, 0.2) is 35.4 Å². The lowest BCUT2D eigenvalue weighted by atomic mass is 9.90. The molecule has 1 aliphatic heterocycles. The summed E-state index contributed by atoms with van der Waals surface area (Å²) in [7, 11) is 0. The quantitative estimate of drug-likeness (QED) is 0.578. The lowest BCUT2D eigenvalue weighted by Crippen LogP contribution is -2.38. The number of carbonyl (C=O) groups excluding carboxylic acids is 1. The molecule has 0 saturated carbocycles. The Balaban J connectivity index is 1.70. The van der Waals surface area contributed by atoms with Crippen LogP contribution >= 0.6 is 11.8 Å². The Kier molecular flexibility index (Phi) is 5.97. The average molecular weight is 358 g/mol. The summed E-state index contributed by atoms with van der Waals surface area (Å²) in [6, 6.07) is 7.99. The van der Waals surface area contributed by atoms with Crippen molar-refractivity contribution in [2.24, 2.45) is 5.92 Å². The van der Waals surface area contributed by atoms with Crippen LogP contribution < -0.4 is 0 Å². The summed E-state index contributed by atoms with van der Waals surface area (Å²) in [4.78, 5) is 16.5. The molecule has 1 aliphatic rings. The highest BCUT2D eigenvalue weighted by molar-refractivity contribution is 7.98. The Labute approximate surface area is 154 Å². The van der Waals surface area contributed by atoms with E-state index in [2.05, 4.69) is 30.0 Å². The number of aromatic nitrogens is 2. The van der Waals surface area contributed by atoms with Gasteiger partial charge in [0.05, 0.1) is 5.69 Å². The van der Waals surface area contributed by atoms with Gasteiger partial charge in [-0.2, -0.15) is 5.10 Å². The largest absolute Gasteiger partial charge is 0.298 e. The normalized spacial score (nSPS) is 18.4. The second-order valence-corrected chi connectivity index (χ2v) is 7.58.